The van der Waals surface area contributed by atoms with E-state index in [1.165, 1.54) is 11.8 Å². The van der Waals surface area contributed by atoms with Gasteiger partial charge in [0.05, 0.1) is 13.2 Å². The molecule has 1 aromatic rings. The zero-order valence-electron chi connectivity index (χ0n) is 15.8. The van der Waals surface area contributed by atoms with Crippen LogP contribution in [-0.4, -0.2) is 66.5 Å². The Labute approximate surface area is 164 Å². The molecule has 0 spiro atoms. The van der Waals surface area contributed by atoms with Gasteiger partial charge in [-0.2, -0.15) is 0 Å². The summed E-state index contributed by atoms with van der Waals surface area (Å²) in [6, 6.07) is 7.80. The standard InChI is InChI=1S/C19H26N4O3S/c1-3-20-19-23(4-2)18(25)16(27-19)13-17(24)21-14-5-7-15(8-6-14)22-9-11-26-12-10-22/h5-8,16H,3-4,9-13H2,1-2H3,(H,21,24)/t16-/m0/s1. The van der Waals surface area contributed by atoms with E-state index in [1.54, 1.807) is 4.90 Å². The smallest absolute Gasteiger partial charge is 0.242 e. The number of benzene rings is 1. The molecule has 7 nitrogen and oxygen atoms in total. The van der Waals surface area contributed by atoms with Crippen molar-refractivity contribution in [3.8, 4) is 0 Å². The first-order valence-electron chi connectivity index (χ1n) is 9.37. The zero-order chi connectivity index (χ0) is 19.2. The van der Waals surface area contributed by atoms with Crippen molar-refractivity contribution in [2.24, 2.45) is 4.99 Å². The first-order valence-corrected chi connectivity index (χ1v) is 10.3. The second-order valence-electron chi connectivity index (χ2n) is 6.34. The largest absolute Gasteiger partial charge is 0.378 e. The molecule has 8 heteroatoms. The van der Waals surface area contributed by atoms with Gasteiger partial charge in [0, 0.05) is 44.0 Å². The second-order valence-corrected chi connectivity index (χ2v) is 7.51. The fraction of sp³-hybridized carbons (Fsp3) is 0.526. The Bertz CT molecular complexity index is 701. The van der Waals surface area contributed by atoms with E-state index in [0.717, 1.165) is 42.8 Å². The molecule has 27 heavy (non-hydrogen) atoms. The van der Waals surface area contributed by atoms with E-state index in [9.17, 15) is 9.59 Å². The number of ether oxygens (including phenoxy) is 1. The van der Waals surface area contributed by atoms with Crippen molar-refractivity contribution in [2.45, 2.75) is 25.5 Å². The number of thioether (sulfide) groups is 1. The van der Waals surface area contributed by atoms with Crippen molar-refractivity contribution in [1.82, 2.24) is 4.90 Å². The molecule has 0 bridgehead atoms. The molecule has 2 heterocycles. The van der Waals surface area contributed by atoms with Crippen molar-refractivity contribution >= 4 is 40.1 Å². The van der Waals surface area contributed by atoms with E-state index in [2.05, 4.69) is 15.2 Å². The molecule has 146 valence electrons. The predicted molar refractivity (Wildman–Crippen MR) is 109 cm³/mol. The van der Waals surface area contributed by atoms with Crippen molar-refractivity contribution in [1.29, 1.82) is 0 Å². The maximum atomic E-state index is 12.5. The number of anilines is 2. The number of morpholine rings is 1. The number of hydrogen-bond donors (Lipinski definition) is 1. The summed E-state index contributed by atoms with van der Waals surface area (Å²) in [6.07, 6.45) is 0.147. The molecule has 0 aliphatic carbocycles. The molecule has 2 fully saturated rings. The molecule has 3 rings (SSSR count). The predicted octanol–water partition coefficient (Wildman–Crippen LogP) is 2.19. The Morgan fingerprint density at radius 3 is 2.59 bits per heavy atom. The maximum absolute atomic E-state index is 12.5. The van der Waals surface area contributed by atoms with Crippen LogP contribution in [0.15, 0.2) is 29.3 Å². The average Bonchev–Trinajstić information content (AvgIpc) is 2.97. The van der Waals surface area contributed by atoms with Gasteiger partial charge in [0.2, 0.25) is 11.8 Å². The van der Waals surface area contributed by atoms with Crippen LogP contribution in [0.2, 0.25) is 0 Å². The van der Waals surface area contributed by atoms with Crippen LogP contribution < -0.4 is 10.2 Å². The quantitative estimate of drug-likeness (QED) is 0.806. The summed E-state index contributed by atoms with van der Waals surface area (Å²) in [5.74, 6) is -0.193. The Morgan fingerprint density at radius 1 is 1.26 bits per heavy atom. The highest BCUT2D eigenvalue weighted by Crippen LogP contribution is 2.29. The highest BCUT2D eigenvalue weighted by molar-refractivity contribution is 8.15. The number of amides is 2. The van der Waals surface area contributed by atoms with Gasteiger partial charge >= 0.3 is 0 Å². The maximum Gasteiger partial charge on any atom is 0.242 e. The van der Waals surface area contributed by atoms with Crippen LogP contribution in [0.3, 0.4) is 0 Å². The third kappa shape index (κ3) is 4.81. The molecule has 0 saturated carbocycles. The molecule has 1 aromatic carbocycles. The van der Waals surface area contributed by atoms with Gasteiger partial charge in [0.15, 0.2) is 5.17 Å². The minimum absolute atomic E-state index is 0.0347. The first kappa shape index (κ1) is 19.7. The van der Waals surface area contributed by atoms with E-state index >= 15 is 0 Å². The lowest BCUT2D eigenvalue weighted by molar-refractivity contribution is -0.128. The number of carbonyl (C=O) groups is 2. The molecule has 1 atom stereocenters. The average molecular weight is 391 g/mol. The van der Waals surface area contributed by atoms with Gasteiger partial charge in [-0.1, -0.05) is 11.8 Å². The van der Waals surface area contributed by atoms with Gasteiger partial charge in [-0.25, -0.2) is 0 Å². The van der Waals surface area contributed by atoms with Crippen molar-refractivity contribution in [3.63, 3.8) is 0 Å². The van der Waals surface area contributed by atoms with E-state index in [-0.39, 0.29) is 18.2 Å². The summed E-state index contributed by atoms with van der Waals surface area (Å²) < 4.78 is 5.37. The monoisotopic (exact) mass is 390 g/mol. The summed E-state index contributed by atoms with van der Waals surface area (Å²) >= 11 is 1.38. The zero-order valence-corrected chi connectivity index (χ0v) is 16.6. The summed E-state index contributed by atoms with van der Waals surface area (Å²) in [6.45, 7) is 8.29. The molecule has 0 aromatic heterocycles. The Hall–Kier alpha value is -2.06. The summed E-state index contributed by atoms with van der Waals surface area (Å²) in [4.78, 5) is 33.1. The lowest BCUT2D eigenvalue weighted by Crippen LogP contribution is -2.36. The molecule has 2 amide bonds. The number of nitrogens with zero attached hydrogens (tertiary/aromatic N) is 3. The Kier molecular flexibility index (Phi) is 6.73. The van der Waals surface area contributed by atoms with Crippen molar-refractivity contribution in [3.05, 3.63) is 24.3 Å². The molecule has 0 radical (unpaired) electrons. The van der Waals surface area contributed by atoms with Gasteiger partial charge in [0.1, 0.15) is 5.25 Å². The van der Waals surface area contributed by atoms with Gasteiger partial charge in [0.25, 0.3) is 0 Å². The lowest BCUT2D eigenvalue weighted by Gasteiger charge is -2.28. The normalized spacial score (nSPS) is 21.8. The minimum Gasteiger partial charge on any atom is -0.378 e. The Balaban J connectivity index is 1.56. The molecule has 2 saturated heterocycles. The van der Waals surface area contributed by atoms with Crippen LogP contribution in [-0.2, 0) is 14.3 Å². The van der Waals surface area contributed by atoms with Crippen LogP contribution >= 0.6 is 11.8 Å². The van der Waals surface area contributed by atoms with Crippen molar-refractivity contribution < 1.29 is 14.3 Å². The molecule has 2 aliphatic rings. The number of carbonyl (C=O) groups excluding carboxylic acids is 2. The van der Waals surface area contributed by atoms with E-state index in [0.29, 0.717) is 13.1 Å². The van der Waals surface area contributed by atoms with Crippen LogP contribution in [0, 0.1) is 0 Å². The third-order valence-corrected chi connectivity index (χ3v) is 5.74. The minimum atomic E-state index is -0.400. The van der Waals surface area contributed by atoms with Gasteiger partial charge in [-0.3, -0.25) is 19.5 Å². The SMILES string of the molecule is CCN=C1S[C@@H](CC(=O)Nc2ccc(N3CCOCC3)cc2)C(=O)N1CC. The number of amidine groups is 1. The van der Waals surface area contributed by atoms with Gasteiger partial charge in [-0.05, 0) is 38.1 Å². The number of hydrogen-bond acceptors (Lipinski definition) is 6. The number of nitrogens with one attached hydrogen (secondary N) is 1. The Morgan fingerprint density at radius 2 is 1.96 bits per heavy atom. The topological polar surface area (TPSA) is 74.2 Å². The molecular weight excluding hydrogens is 364 g/mol. The van der Waals surface area contributed by atoms with Crippen LogP contribution in [0.5, 0.6) is 0 Å². The highest BCUT2D eigenvalue weighted by atomic mass is 32.2. The van der Waals surface area contributed by atoms with Crippen LogP contribution in [0.4, 0.5) is 11.4 Å². The van der Waals surface area contributed by atoms with Gasteiger partial charge < -0.3 is 15.0 Å². The highest BCUT2D eigenvalue weighted by Gasteiger charge is 2.38. The van der Waals surface area contributed by atoms with Gasteiger partial charge in [-0.15, -0.1) is 0 Å². The van der Waals surface area contributed by atoms with E-state index in [4.69, 9.17) is 4.74 Å². The third-order valence-electron chi connectivity index (χ3n) is 4.53. The molecule has 2 aliphatic heterocycles. The molecule has 1 N–H and O–H groups in total. The molecular formula is C19H26N4O3S. The number of aliphatic imine (C=N–C) groups is 1. The van der Waals surface area contributed by atoms with Crippen LogP contribution in [0.25, 0.3) is 0 Å². The summed E-state index contributed by atoms with van der Waals surface area (Å²) in [7, 11) is 0. The summed E-state index contributed by atoms with van der Waals surface area (Å²) in [5.41, 5.74) is 1.86. The lowest BCUT2D eigenvalue weighted by atomic mass is 10.2. The summed E-state index contributed by atoms with van der Waals surface area (Å²) in [5, 5.41) is 3.21. The fourth-order valence-electron chi connectivity index (χ4n) is 3.14. The fourth-order valence-corrected chi connectivity index (χ4v) is 4.41. The van der Waals surface area contributed by atoms with Crippen molar-refractivity contribution in [2.75, 3.05) is 49.6 Å². The number of rotatable bonds is 6. The van der Waals surface area contributed by atoms with E-state index < -0.39 is 5.25 Å². The van der Waals surface area contributed by atoms with E-state index in [1.807, 2.05) is 38.1 Å². The van der Waals surface area contributed by atoms with Crippen LogP contribution in [0.1, 0.15) is 20.3 Å². The first-order chi connectivity index (χ1) is 13.1. The molecule has 0 unspecified atom stereocenters. The second kappa shape index (κ2) is 9.23.